The number of nitriles is 1. The van der Waals surface area contributed by atoms with Gasteiger partial charge in [0, 0.05) is 26.2 Å². The second kappa shape index (κ2) is 10.4. The molecule has 7 nitrogen and oxygen atoms in total. The average Bonchev–Trinajstić information content (AvgIpc) is 2.75. The molecule has 1 atom stereocenters. The highest BCUT2D eigenvalue weighted by Crippen LogP contribution is 2.22. The van der Waals surface area contributed by atoms with Crippen molar-refractivity contribution in [1.29, 1.82) is 5.26 Å². The minimum absolute atomic E-state index is 0.0303. The Hall–Kier alpha value is -2.59. The Morgan fingerprint density at radius 3 is 2.70 bits per heavy atom. The third-order valence-electron chi connectivity index (χ3n) is 5.86. The van der Waals surface area contributed by atoms with Crippen LogP contribution in [0.15, 0.2) is 24.3 Å². The minimum Gasteiger partial charge on any atom is -0.492 e. The van der Waals surface area contributed by atoms with E-state index >= 15 is 0 Å². The third-order valence-corrected chi connectivity index (χ3v) is 5.86. The van der Waals surface area contributed by atoms with Gasteiger partial charge in [-0.1, -0.05) is 26.0 Å². The van der Waals surface area contributed by atoms with Gasteiger partial charge >= 0.3 is 0 Å². The lowest BCUT2D eigenvalue weighted by molar-refractivity contribution is -0.144. The number of nitrogens with zero attached hydrogens (tertiary/aromatic N) is 3. The molecule has 3 rings (SSSR count). The van der Waals surface area contributed by atoms with E-state index in [9.17, 15) is 9.59 Å². The van der Waals surface area contributed by atoms with Gasteiger partial charge in [-0.3, -0.25) is 9.59 Å². The molecule has 0 spiro atoms. The number of rotatable bonds is 7. The summed E-state index contributed by atoms with van der Waals surface area (Å²) in [5, 5.41) is 12.4. The van der Waals surface area contributed by atoms with Gasteiger partial charge in [-0.05, 0) is 43.2 Å². The zero-order chi connectivity index (χ0) is 21.5. The van der Waals surface area contributed by atoms with Crippen molar-refractivity contribution >= 4 is 11.8 Å². The van der Waals surface area contributed by atoms with Gasteiger partial charge in [-0.25, -0.2) is 0 Å². The SMILES string of the molecule is CC(C)CC1NCCN(CC(=O)N2CCC(COc3ccccc3C#N)CC2)C1=O. The van der Waals surface area contributed by atoms with Crippen LogP contribution in [0.5, 0.6) is 5.75 Å². The smallest absolute Gasteiger partial charge is 0.242 e. The van der Waals surface area contributed by atoms with Gasteiger partial charge in [0.05, 0.1) is 24.8 Å². The Balaban J connectivity index is 1.44. The van der Waals surface area contributed by atoms with Crippen molar-refractivity contribution in [3.8, 4) is 11.8 Å². The number of carbonyl (C=O) groups is 2. The highest BCUT2D eigenvalue weighted by Gasteiger charge is 2.32. The minimum atomic E-state index is -0.175. The zero-order valence-corrected chi connectivity index (χ0v) is 18.0. The molecule has 1 unspecified atom stereocenters. The molecule has 2 aliphatic heterocycles. The number of ether oxygens (including phenoxy) is 1. The van der Waals surface area contributed by atoms with Gasteiger partial charge in [0.15, 0.2) is 0 Å². The number of benzene rings is 1. The molecule has 1 aromatic rings. The molecule has 0 aromatic heterocycles. The summed E-state index contributed by atoms with van der Waals surface area (Å²) in [6.45, 7) is 7.62. The number of hydrogen-bond donors (Lipinski definition) is 1. The maximum Gasteiger partial charge on any atom is 0.242 e. The van der Waals surface area contributed by atoms with Crippen molar-refractivity contribution in [3.05, 3.63) is 29.8 Å². The summed E-state index contributed by atoms with van der Waals surface area (Å²) in [6.07, 6.45) is 2.53. The lowest BCUT2D eigenvalue weighted by Gasteiger charge is -2.36. The molecule has 2 fully saturated rings. The van der Waals surface area contributed by atoms with Gasteiger partial charge in [0.2, 0.25) is 11.8 Å². The monoisotopic (exact) mass is 412 g/mol. The number of para-hydroxylation sites is 1. The normalized spacial score (nSPS) is 20.3. The Bertz CT molecular complexity index is 781. The van der Waals surface area contributed by atoms with Gasteiger partial charge in [0.25, 0.3) is 0 Å². The Morgan fingerprint density at radius 1 is 1.27 bits per heavy atom. The highest BCUT2D eigenvalue weighted by molar-refractivity contribution is 5.88. The van der Waals surface area contributed by atoms with Crippen LogP contribution >= 0.6 is 0 Å². The van der Waals surface area contributed by atoms with E-state index in [4.69, 9.17) is 10.00 Å². The first-order chi connectivity index (χ1) is 14.5. The van der Waals surface area contributed by atoms with Crippen LogP contribution in [0.2, 0.25) is 0 Å². The molecule has 2 saturated heterocycles. The highest BCUT2D eigenvalue weighted by atomic mass is 16.5. The molecule has 0 saturated carbocycles. The van der Waals surface area contributed by atoms with Crippen molar-refractivity contribution in [3.63, 3.8) is 0 Å². The summed E-state index contributed by atoms with van der Waals surface area (Å²) < 4.78 is 5.86. The first-order valence-electron chi connectivity index (χ1n) is 10.9. The summed E-state index contributed by atoms with van der Waals surface area (Å²) in [5.74, 6) is 1.48. The largest absolute Gasteiger partial charge is 0.492 e. The van der Waals surface area contributed by atoms with Gasteiger partial charge < -0.3 is 19.9 Å². The zero-order valence-electron chi connectivity index (χ0n) is 18.0. The molecular formula is C23H32N4O3. The number of carbonyl (C=O) groups excluding carboxylic acids is 2. The summed E-state index contributed by atoms with van der Waals surface area (Å²) in [4.78, 5) is 29.0. The van der Waals surface area contributed by atoms with E-state index < -0.39 is 0 Å². The maximum absolute atomic E-state index is 12.8. The fourth-order valence-corrected chi connectivity index (χ4v) is 4.11. The lowest BCUT2D eigenvalue weighted by atomic mass is 9.97. The first-order valence-corrected chi connectivity index (χ1v) is 10.9. The van der Waals surface area contributed by atoms with E-state index in [1.807, 2.05) is 23.1 Å². The Kier molecular flexibility index (Phi) is 7.69. The Morgan fingerprint density at radius 2 is 2.00 bits per heavy atom. The number of likely N-dealkylation sites (tertiary alicyclic amines) is 1. The third kappa shape index (κ3) is 5.73. The maximum atomic E-state index is 12.8. The van der Waals surface area contributed by atoms with Crippen LogP contribution in [0.25, 0.3) is 0 Å². The molecular weight excluding hydrogens is 380 g/mol. The molecule has 2 heterocycles. The van der Waals surface area contributed by atoms with Crippen LogP contribution in [0.1, 0.15) is 38.7 Å². The van der Waals surface area contributed by atoms with Crippen LogP contribution in [0.4, 0.5) is 0 Å². The number of hydrogen-bond acceptors (Lipinski definition) is 5. The van der Waals surface area contributed by atoms with Gasteiger partial charge in [-0.15, -0.1) is 0 Å². The van der Waals surface area contributed by atoms with Crippen molar-refractivity contribution < 1.29 is 14.3 Å². The number of piperidine rings is 1. The van der Waals surface area contributed by atoms with E-state index in [2.05, 4.69) is 25.2 Å². The van der Waals surface area contributed by atoms with Crippen LogP contribution in [-0.2, 0) is 9.59 Å². The van der Waals surface area contributed by atoms with E-state index in [0.717, 1.165) is 25.8 Å². The molecule has 0 bridgehead atoms. The van der Waals surface area contributed by atoms with Crippen molar-refractivity contribution in [2.75, 3.05) is 39.3 Å². The van der Waals surface area contributed by atoms with Gasteiger partial charge in [-0.2, -0.15) is 5.26 Å². The number of piperazine rings is 1. The fraction of sp³-hybridized carbons (Fsp3) is 0.609. The summed E-state index contributed by atoms with van der Waals surface area (Å²) in [5.41, 5.74) is 0.543. The van der Waals surface area contributed by atoms with Crippen LogP contribution in [-0.4, -0.2) is 67.0 Å². The lowest BCUT2D eigenvalue weighted by Crippen LogP contribution is -2.57. The summed E-state index contributed by atoms with van der Waals surface area (Å²) in [6, 6.07) is 9.22. The molecule has 0 aliphatic carbocycles. The Labute approximate surface area is 179 Å². The predicted molar refractivity (Wildman–Crippen MR) is 114 cm³/mol. The van der Waals surface area contributed by atoms with Crippen molar-refractivity contribution in [1.82, 2.24) is 15.1 Å². The molecule has 1 N–H and O–H groups in total. The molecule has 0 radical (unpaired) electrons. The van der Waals surface area contributed by atoms with Crippen molar-refractivity contribution in [2.24, 2.45) is 11.8 Å². The van der Waals surface area contributed by atoms with E-state index in [1.165, 1.54) is 0 Å². The molecule has 1 aromatic carbocycles. The number of amides is 2. The molecule has 162 valence electrons. The molecule has 2 amide bonds. The standard InChI is InChI=1S/C23H32N4O3/c1-17(2)13-20-23(29)27(12-9-25-20)15-22(28)26-10-7-18(8-11-26)16-30-21-6-4-3-5-19(21)14-24/h3-6,17-18,20,25H,7-13,15-16H2,1-2H3. The molecule has 30 heavy (non-hydrogen) atoms. The van der Waals surface area contributed by atoms with Crippen molar-refractivity contribution in [2.45, 2.75) is 39.2 Å². The fourth-order valence-electron chi connectivity index (χ4n) is 4.11. The second-order valence-electron chi connectivity index (χ2n) is 8.64. The predicted octanol–water partition coefficient (Wildman–Crippen LogP) is 2.02. The molecule has 2 aliphatic rings. The van der Waals surface area contributed by atoms with E-state index in [0.29, 0.717) is 49.4 Å². The summed E-state index contributed by atoms with van der Waals surface area (Å²) in [7, 11) is 0. The van der Waals surface area contributed by atoms with E-state index in [1.54, 1.807) is 11.0 Å². The van der Waals surface area contributed by atoms with Crippen LogP contribution < -0.4 is 10.1 Å². The van der Waals surface area contributed by atoms with Crippen LogP contribution in [0, 0.1) is 23.2 Å². The average molecular weight is 413 g/mol. The number of nitrogens with one attached hydrogen (secondary N) is 1. The topological polar surface area (TPSA) is 85.7 Å². The molecule has 7 heteroatoms. The van der Waals surface area contributed by atoms with Gasteiger partial charge in [0.1, 0.15) is 11.8 Å². The first kappa shape index (κ1) is 22.1. The van der Waals surface area contributed by atoms with Crippen LogP contribution in [0.3, 0.4) is 0 Å². The second-order valence-corrected chi connectivity index (χ2v) is 8.64. The van der Waals surface area contributed by atoms with E-state index in [-0.39, 0.29) is 24.4 Å². The summed E-state index contributed by atoms with van der Waals surface area (Å²) >= 11 is 0. The quantitative estimate of drug-likeness (QED) is 0.741.